The van der Waals surface area contributed by atoms with Crippen molar-refractivity contribution in [2.75, 3.05) is 26.2 Å². The van der Waals surface area contributed by atoms with Gasteiger partial charge < -0.3 is 15.1 Å². The SMILES string of the molecule is C[C@@H](NC(=O)N1CCCN(C(=O)C2CC2)CC1)c1cccc(Cl)c1. The Kier molecular flexibility index (Phi) is 5.29. The lowest BCUT2D eigenvalue weighted by atomic mass is 10.1. The van der Waals surface area contributed by atoms with Crippen LogP contribution in [0, 0.1) is 5.92 Å². The number of hydrogen-bond acceptors (Lipinski definition) is 2. The second kappa shape index (κ2) is 7.43. The summed E-state index contributed by atoms with van der Waals surface area (Å²) in [7, 11) is 0. The van der Waals surface area contributed by atoms with Gasteiger partial charge in [-0.05, 0) is 43.9 Å². The van der Waals surface area contributed by atoms with Crippen molar-refractivity contribution in [1.82, 2.24) is 15.1 Å². The third kappa shape index (κ3) is 4.20. The van der Waals surface area contributed by atoms with Crippen LogP contribution in [0.15, 0.2) is 24.3 Å². The lowest BCUT2D eigenvalue weighted by Crippen LogP contribution is -2.43. The van der Waals surface area contributed by atoms with Crippen LogP contribution in [0.2, 0.25) is 5.02 Å². The summed E-state index contributed by atoms with van der Waals surface area (Å²) in [5.74, 6) is 0.512. The summed E-state index contributed by atoms with van der Waals surface area (Å²) in [4.78, 5) is 28.4. The fourth-order valence-electron chi connectivity index (χ4n) is 3.07. The monoisotopic (exact) mass is 349 g/mol. The second-order valence-corrected chi connectivity index (χ2v) is 7.10. The third-order valence-corrected chi connectivity index (χ3v) is 4.95. The molecular formula is C18H24ClN3O2. The average molecular weight is 350 g/mol. The molecular weight excluding hydrogens is 326 g/mol. The summed E-state index contributed by atoms with van der Waals surface area (Å²) >= 11 is 6.01. The highest BCUT2D eigenvalue weighted by molar-refractivity contribution is 6.30. The van der Waals surface area contributed by atoms with Crippen LogP contribution >= 0.6 is 11.6 Å². The lowest BCUT2D eigenvalue weighted by Gasteiger charge is -2.24. The Morgan fingerprint density at radius 2 is 1.88 bits per heavy atom. The van der Waals surface area contributed by atoms with Crippen molar-refractivity contribution in [3.8, 4) is 0 Å². The molecule has 0 spiro atoms. The molecule has 24 heavy (non-hydrogen) atoms. The van der Waals surface area contributed by atoms with Gasteiger partial charge >= 0.3 is 6.03 Å². The third-order valence-electron chi connectivity index (χ3n) is 4.71. The predicted molar refractivity (Wildman–Crippen MR) is 93.9 cm³/mol. The first-order valence-corrected chi connectivity index (χ1v) is 9.02. The Bertz CT molecular complexity index is 618. The molecule has 1 saturated carbocycles. The zero-order valence-electron chi connectivity index (χ0n) is 14.0. The van der Waals surface area contributed by atoms with Crippen molar-refractivity contribution < 1.29 is 9.59 Å². The van der Waals surface area contributed by atoms with Gasteiger partial charge in [0.2, 0.25) is 5.91 Å². The second-order valence-electron chi connectivity index (χ2n) is 6.67. The molecule has 2 aliphatic rings. The fourth-order valence-corrected chi connectivity index (χ4v) is 3.26. The maximum absolute atomic E-state index is 12.5. The zero-order chi connectivity index (χ0) is 17.1. The number of carbonyl (C=O) groups is 2. The van der Waals surface area contributed by atoms with Crippen LogP contribution in [0.4, 0.5) is 4.79 Å². The normalized spacial score (nSPS) is 19.6. The highest BCUT2D eigenvalue weighted by atomic mass is 35.5. The Balaban J connectivity index is 1.54. The molecule has 1 aromatic carbocycles. The molecule has 0 radical (unpaired) electrons. The number of halogens is 1. The van der Waals surface area contributed by atoms with Crippen LogP contribution in [0.5, 0.6) is 0 Å². The summed E-state index contributed by atoms with van der Waals surface area (Å²) in [6.45, 7) is 4.61. The van der Waals surface area contributed by atoms with Crippen LogP contribution in [-0.4, -0.2) is 47.9 Å². The van der Waals surface area contributed by atoms with E-state index < -0.39 is 0 Å². The van der Waals surface area contributed by atoms with E-state index in [1.165, 1.54) is 0 Å². The Labute approximate surface area is 147 Å². The predicted octanol–water partition coefficient (Wildman–Crippen LogP) is 3.05. The number of hydrogen-bond donors (Lipinski definition) is 1. The van der Waals surface area contributed by atoms with Crippen LogP contribution in [0.25, 0.3) is 0 Å². The number of rotatable bonds is 3. The van der Waals surface area contributed by atoms with Crippen molar-refractivity contribution in [1.29, 1.82) is 0 Å². The van der Waals surface area contributed by atoms with Gasteiger partial charge in [0, 0.05) is 37.1 Å². The van der Waals surface area contributed by atoms with Gasteiger partial charge in [-0.1, -0.05) is 23.7 Å². The molecule has 1 saturated heterocycles. The first-order chi connectivity index (χ1) is 11.5. The van der Waals surface area contributed by atoms with E-state index in [0.29, 0.717) is 24.7 Å². The minimum absolute atomic E-state index is 0.0804. The number of benzene rings is 1. The van der Waals surface area contributed by atoms with Crippen molar-refractivity contribution in [3.63, 3.8) is 0 Å². The van der Waals surface area contributed by atoms with Gasteiger partial charge in [-0.2, -0.15) is 0 Å². The summed E-state index contributed by atoms with van der Waals surface area (Å²) in [5, 5.41) is 3.69. The van der Waals surface area contributed by atoms with Crippen molar-refractivity contribution >= 4 is 23.5 Å². The zero-order valence-corrected chi connectivity index (χ0v) is 14.8. The number of urea groups is 1. The van der Waals surface area contributed by atoms with Gasteiger partial charge in [-0.25, -0.2) is 4.79 Å². The molecule has 2 fully saturated rings. The van der Waals surface area contributed by atoms with Crippen molar-refractivity contribution in [2.45, 2.75) is 32.2 Å². The van der Waals surface area contributed by atoms with E-state index in [-0.39, 0.29) is 23.9 Å². The molecule has 3 amide bonds. The maximum atomic E-state index is 12.5. The molecule has 6 heteroatoms. The summed E-state index contributed by atoms with van der Waals surface area (Å²) in [5.41, 5.74) is 0.983. The number of nitrogens with zero attached hydrogens (tertiary/aromatic N) is 2. The molecule has 5 nitrogen and oxygen atoms in total. The van der Waals surface area contributed by atoms with E-state index in [2.05, 4.69) is 5.32 Å². The molecule has 1 heterocycles. The summed E-state index contributed by atoms with van der Waals surface area (Å²) in [6.07, 6.45) is 2.88. The molecule has 1 aliphatic carbocycles. The van der Waals surface area contributed by atoms with E-state index in [1.54, 1.807) is 4.90 Å². The lowest BCUT2D eigenvalue weighted by molar-refractivity contribution is -0.132. The van der Waals surface area contributed by atoms with Crippen molar-refractivity contribution in [2.24, 2.45) is 5.92 Å². The Morgan fingerprint density at radius 1 is 1.17 bits per heavy atom. The van der Waals surface area contributed by atoms with Crippen LogP contribution in [-0.2, 0) is 4.79 Å². The van der Waals surface area contributed by atoms with Gasteiger partial charge in [0.25, 0.3) is 0 Å². The van der Waals surface area contributed by atoms with Crippen LogP contribution in [0.3, 0.4) is 0 Å². The van der Waals surface area contributed by atoms with E-state index in [1.807, 2.05) is 36.1 Å². The summed E-state index contributed by atoms with van der Waals surface area (Å²) < 4.78 is 0. The molecule has 1 atom stereocenters. The fraction of sp³-hybridized carbons (Fsp3) is 0.556. The molecule has 0 unspecified atom stereocenters. The minimum Gasteiger partial charge on any atom is -0.341 e. The van der Waals surface area contributed by atoms with Gasteiger partial charge in [0.1, 0.15) is 0 Å². The van der Waals surface area contributed by atoms with E-state index in [4.69, 9.17) is 11.6 Å². The average Bonchev–Trinajstić information content (AvgIpc) is 3.40. The molecule has 0 aromatic heterocycles. The highest BCUT2D eigenvalue weighted by Crippen LogP contribution is 2.31. The topological polar surface area (TPSA) is 52.7 Å². The summed E-state index contributed by atoms with van der Waals surface area (Å²) in [6, 6.07) is 7.33. The van der Waals surface area contributed by atoms with Crippen LogP contribution < -0.4 is 5.32 Å². The minimum atomic E-state index is -0.108. The highest BCUT2D eigenvalue weighted by Gasteiger charge is 2.34. The largest absolute Gasteiger partial charge is 0.341 e. The first-order valence-electron chi connectivity index (χ1n) is 8.64. The van der Waals surface area contributed by atoms with Gasteiger partial charge in [-0.15, -0.1) is 0 Å². The van der Waals surface area contributed by atoms with E-state index >= 15 is 0 Å². The quantitative estimate of drug-likeness (QED) is 0.911. The van der Waals surface area contributed by atoms with Crippen molar-refractivity contribution in [3.05, 3.63) is 34.9 Å². The van der Waals surface area contributed by atoms with E-state index in [9.17, 15) is 9.59 Å². The Hall–Kier alpha value is -1.75. The molecule has 130 valence electrons. The van der Waals surface area contributed by atoms with Gasteiger partial charge in [0.05, 0.1) is 6.04 Å². The number of carbonyl (C=O) groups excluding carboxylic acids is 2. The smallest absolute Gasteiger partial charge is 0.317 e. The standard InChI is InChI=1S/C18H24ClN3O2/c1-13(15-4-2-5-16(19)12-15)20-18(24)22-9-3-8-21(10-11-22)17(23)14-6-7-14/h2,4-5,12-14H,3,6-11H2,1H3,(H,20,24)/t13-/m1/s1. The Morgan fingerprint density at radius 3 is 2.58 bits per heavy atom. The molecule has 0 bridgehead atoms. The van der Waals surface area contributed by atoms with E-state index in [0.717, 1.165) is 31.4 Å². The van der Waals surface area contributed by atoms with Crippen LogP contribution in [0.1, 0.15) is 37.8 Å². The molecule has 1 N–H and O–H groups in total. The number of amides is 3. The maximum Gasteiger partial charge on any atom is 0.317 e. The molecule has 3 rings (SSSR count). The molecule has 1 aliphatic heterocycles. The molecule has 1 aromatic rings. The van der Waals surface area contributed by atoms with Gasteiger partial charge in [-0.3, -0.25) is 4.79 Å². The first kappa shape index (κ1) is 17.1. The van der Waals surface area contributed by atoms with Gasteiger partial charge in [0.15, 0.2) is 0 Å². The number of nitrogens with one attached hydrogen (secondary N) is 1.